The van der Waals surface area contributed by atoms with E-state index < -0.39 is -0.565 Å². The van der Waals surface area contributed by atoms with E-state index in [2.05, 4.69) is 0 Å². The minimum atomic E-state index is -0.498. The Morgan fingerprint density at radius 2 is 2.00 bits per heavy atom. The summed E-state index contributed by atoms with van der Waals surface area (Å²) in [5.74, 6) is -0.236. The van der Waals surface area contributed by atoms with Gasteiger partial charge in [0.05, 0.1) is 0 Å². The standard InChI is InChI=1S/C4H6I3NO2/c5-4(6,7)3(9)10-2-1-8/h1-2,8H2. The van der Waals surface area contributed by atoms with E-state index in [0.717, 1.165) is 0 Å². The lowest BCUT2D eigenvalue weighted by Crippen LogP contribution is -2.23. The molecule has 0 saturated carbocycles. The predicted octanol–water partition coefficient (Wildman–Crippen LogP) is 1.45. The summed E-state index contributed by atoms with van der Waals surface area (Å²) >= 11 is 6.00. The highest BCUT2D eigenvalue weighted by Crippen LogP contribution is 2.36. The van der Waals surface area contributed by atoms with Gasteiger partial charge in [-0.25, -0.2) is 4.79 Å². The van der Waals surface area contributed by atoms with Gasteiger partial charge in [-0.3, -0.25) is 0 Å². The van der Waals surface area contributed by atoms with E-state index in [1.54, 1.807) is 0 Å². The van der Waals surface area contributed by atoms with Crippen LogP contribution < -0.4 is 5.73 Å². The molecule has 0 atom stereocenters. The van der Waals surface area contributed by atoms with Gasteiger partial charge in [0.2, 0.25) is -0.565 Å². The highest BCUT2D eigenvalue weighted by atomic mass is 127. The monoisotopic (exact) mass is 481 g/mol. The van der Waals surface area contributed by atoms with E-state index in [4.69, 9.17) is 10.5 Å². The zero-order valence-electron chi connectivity index (χ0n) is 4.94. The summed E-state index contributed by atoms with van der Waals surface area (Å²) in [4.78, 5) is 10.9. The van der Waals surface area contributed by atoms with Crippen LogP contribution >= 0.6 is 67.8 Å². The van der Waals surface area contributed by atoms with E-state index in [-0.39, 0.29) is 5.97 Å². The van der Waals surface area contributed by atoms with Gasteiger partial charge in [-0.05, 0) is 67.8 Å². The summed E-state index contributed by atoms with van der Waals surface area (Å²) in [5.41, 5.74) is 5.14. The van der Waals surface area contributed by atoms with Crippen LogP contribution in [0.4, 0.5) is 0 Å². The van der Waals surface area contributed by atoms with E-state index >= 15 is 0 Å². The summed E-state index contributed by atoms with van der Waals surface area (Å²) < 4.78 is 4.27. The first kappa shape index (κ1) is 11.6. The molecule has 0 aromatic heterocycles. The Balaban J connectivity index is 3.64. The zero-order valence-corrected chi connectivity index (χ0v) is 11.4. The van der Waals surface area contributed by atoms with E-state index in [1.165, 1.54) is 0 Å². The Morgan fingerprint density at radius 1 is 1.50 bits per heavy atom. The number of carbonyl (C=O) groups excluding carboxylic acids is 1. The maximum Gasteiger partial charge on any atom is 0.342 e. The molecule has 0 aliphatic rings. The number of esters is 1. The Kier molecular flexibility index (Phi) is 6.16. The third kappa shape index (κ3) is 5.29. The van der Waals surface area contributed by atoms with Crippen LogP contribution in [0.25, 0.3) is 0 Å². The van der Waals surface area contributed by atoms with Gasteiger partial charge in [-0.15, -0.1) is 0 Å². The van der Waals surface area contributed by atoms with Gasteiger partial charge >= 0.3 is 5.97 Å². The normalized spacial score (nSPS) is 11.2. The maximum absolute atomic E-state index is 10.9. The van der Waals surface area contributed by atoms with Crippen LogP contribution in [0.5, 0.6) is 0 Å². The number of carbonyl (C=O) groups is 1. The topological polar surface area (TPSA) is 52.3 Å². The molecule has 0 aliphatic carbocycles. The van der Waals surface area contributed by atoms with E-state index in [1.807, 2.05) is 67.8 Å². The molecule has 0 bridgehead atoms. The molecule has 0 spiro atoms. The first-order chi connectivity index (χ1) is 4.48. The number of alkyl halides is 3. The zero-order chi connectivity index (χ0) is 8.20. The summed E-state index contributed by atoms with van der Waals surface area (Å²) in [5, 5.41) is 0. The van der Waals surface area contributed by atoms with Crippen LogP contribution in [-0.2, 0) is 9.53 Å². The van der Waals surface area contributed by atoms with Crippen molar-refractivity contribution in [3.63, 3.8) is 0 Å². The summed E-state index contributed by atoms with van der Waals surface area (Å²) in [7, 11) is 0. The van der Waals surface area contributed by atoms with E-state index in [0.29, 0.717) is 13.2 Å². The van der Waals surface area contributed by atoms with E-state index in [9.17, 15) is 4.79 Å². The first-order valence-electron chi connectivity index (χ1n) is 2.42. The van der Waals surface area contributed by atoms with Crippen molar-refractivity contribution in [2.45, 2.75) is -0.565 Å². The molecular weight excluding hydrogens is 475 g/mol. The molecule has 0 rings (SSSR count). The molecule has 0 fully saturated rings. The van der Waals surface area contributed by atoms with Crippen molar-refractivity contribution in [1.82, 2.24) is 0 Å². The predicted molar refractivity (Wildman–Crippen MR) is 64.8 cm³/mol. The second-order valence-electron chi connectivity index (χ2n) is 1.42. The number of rotatable bonds is 3. The molecule has 0 unspecified atom stereocenters. The summed E-state index contributed by atoms with van der Waals surface area (Å²) in [6, 6.07) is 0. The summed E-state index contributed by atoms with van der Waals surface area (Å²) in [6.45, 7) is 0.682. The Morgan fingerprint density at radius 3 is 2.30 bits per heavy atom. The van der Waals surface area contributed by atoms with Crippen molar-refractivity contribution in [2.75, 3.05) is 13.2 Å². The number of nitrogens with two attached hydrogens (primary N) is 1. The van der Waals surface area contributed by atoms with Crippen LogP contribution in [0.15, 0.2) is 0 Å². The van der Waals surface area contributed by atoms with Crippen molar-refractivity contribution in [2.24, 2.45) is 5.73 Å². The lowest BCUT2D eigenvalue weighted by molar-refractivity contribution is -0.140. The van der Waals surface area contributed by atoms with Gasteiger partial charge in [0.25, 0.3) is 0 Å². The Labute approximate surface area is 100 Å². The lowest BCUT2D eigenvalue weighted by Gasteiger charge is -2.10. The fourth-order valence-corrected chi connectivity index (χ4v) is 0.701. The molecule has 0 heterocycles. The maximum atomic E-state index is 10.9. The average Bonchev–Trinajstić information content (AvgIpc) is 1.80. The van der Waals surface area contributed by atoms with Crippen molar-refractivity contribution in [1.29, 1.82) is 0 Å². The van der Waals surface area contributed by atoms with Crippen LogP contribution in [0.2, 0.25) is 0 Å². The molecule has 60 valence electrons. The molecule has 0 aromatic carbocycles. The molecule has 10 heavy (non-hydrogen) atoms. The van der Waals surface area contributed by atoms with Crippen molar-refractivity contribution in [3.8, 4) is 0 Å². The SMILES string of the molecule is NCCOC(=O)C(I)(I)I. The minimum absolute atomic E-state index is 0.236. The number of ether oxygens (including phenoxy) is 1. The second-order valence-corrected chi connectivity index (χ2v) is 12.5. The van der Waals surface area contributed by atoms with Crippen LogP contribution in [0.3, 0.4) is 0 Å². The molecule has 6 heteroatoms. The number of hydrogen-bond acceptors (Lipinski definition) is 3. The fourth-order valence-electron chi connectivity index (χ4n) is 0.233. The molecule has 0 saturated heterocycles. The summed E-state index contributed by atoms with van der Waals surface area (Å²) in [6.07, 6.45) is 0. The molecule has 0 aliphatic heterocycles. The highest BCUT2D eigenvalue weighted by molar-refractivity contribution is 14.3. The molecule has 3 nitrogen and oxygen atoms in total. The van der Waals surface area contributed by atoms with Gasteiger partial charge in [0, 0.05) is 6.54 Å². The Hall–Kier alpha value is 1.62. The van der Waals surface area contributed by atoms with Crippen molar-refractivity contribution in [3.05, 3.63) is 0 Å². The molecule has 0 amide bonds. The third-order valence-corrected chi connectivity index (χ3v) is 1.90. The highest BCUT2D eigenvalue weighted by Gasteiger charge is 2.29. The van der Waals surface area contributed by atoms with Gasteiger partial charge < -0.3 is 10.5 Å². The number of halogens is 3. The first-order valence-corrected chi connectivity index (χ1v) is 5.66. The number of hydrogen-bond donors (Lipinski definition) is 1. The van der Waals surface area contributed by atoms with Crippen molar-refractivity contribution >= 4 is 73.7 Å². The average molecular weight is 481 g/mol. The third-order valence-electron chi connectivity index (χ3n) is 0.582. The smallest absolute Gasteiger partial charge is 0.342 e. The molecule has 0 radical (unpaired) electrons. The lowest BCUT2D eigenvalue weighted by atomic mass is 10.7. The largest absolute Gasteiger partial charge is 0.462 e. The molecule has 0 aromatic rings. The van der Waals surface area contributed by atoms with Gasteiger partial charge in [0.1, 0.15) is 6.61 Å². The van der Waals surface area contributed by atoms with Gasteiger partial charge in [0.15, 0.2) is 0 Å². The Bertz CT molecular complexity index is 122. The van der Waals surface area contributed by atoms with Crippen LogP contribution in [0.1, 0.15) is 0 Å². The molecule has 2 N–H and O–H groups in total. The second kappa shape index (κ2) is 5.30. The van der Waals surface area contributed by atoms with Crippen LogP contribution in [0, 0.1) is 0 Å². The van der Waals surface area contributed by atoms with Gasteiger partial charge in [-0.2, -0.15) is 0 Å². The van der Waals surface area contributed by atoms with Crippen LogP contribution in [-0.4, -0.2) is 18.6 Å². The van der Waals surface area contributed by atoms with Gasteiger partial charge in [-0.1, -0.05) is 0 Å². The quantitative estimate of drug-likeness (QED) is 0.378. The van der Waals surface area contributed by atoms with Crippen molar-refractivity contribution < 1.29 is 9.53 Å². The minimum Gasteiger partial charge on any atom is -0.462 e. The fraction of sp³-hybridized carbons (Fsp3) is 0.750. The molecular formula is C4H6I3NO2.